The van der Waals surface area contributed by atoms with Crippen molar-refractivity contribution in [1.82, 2.24) is 9.55 Å². The molecule has 94 valence electrons. The molecule has 0 amide bonds. The second-order valence-electron chi connectivity index (χ2n) is 4.52. The van der Waals surface area contributed by atoms with Crippen molar-refractivity contribution in [3.63, 3.8) is 0 Å². The van der Waals surface area contributed by atoms with E-state index < -0.39 is 0 Å². The molecule has 1 N–H and O–H groups in total. The maximum absolute atomic E-state index is 11.6. The maximum Gasteiger partial charge on any atom is 0.329 e. The van der Waals surface area contributed by atoms with Crippen LogP contribution in [0.3, 0.4) is 0 Å². The van der Waals surface area contributed by atoms with Crippen molar-refractivity contribution in [2.24, 2.45) is 7.05 Å². The van der Waals surface area contributed by atoms with Crippen LogP contribution in [0.5, 0.6) is 0 Å². The van der Waals surface area contributed by atoms with E-state index in [1.165, 1.54) is 13.1 Å². The second kappa shape index (κ2) is 4.37. The summed E-state index contributed by atoms with van der Waals surface area (Å²) in [5.41, 5.74) is -0.685. The van der Waals surface area contributed by atoms with Crippen molar-refractivity contribution in [3.8, 4) is 0 Å². The average Bonchev–Trinajstić information content (AvgIpc) is 2.23. The van der Waals surface area contributed by atoms with E-state index in [2.05, 4.69) is 4.98 Å². The largest absolute Gasteiger partial charge is 0.372 e. The fourth-order valence-corrected chi connectivity index (χ4v) is 2.09. The number of morpholine rings is 1. The lowest BCUT2D eigenvalue weighted by Gasteiger charge is -2.36. The van der Waals surface area contributed by atoms with Crippen LogP contribution in [0.15, 0.2) is 15.7 Å². The smallest absolute Gasteiger partial charge is 0.329 e. The standard InChI is InChI=1S/C11H17N3O3/c1-7-5-14(6-8(2)17-7)9-4-10(15)13(3)11(16)12-9/h4,7-8H,5-6H2,1-3H3,(H,12,16)/t7-,8+. The lowest BCUT2D eigenvalue weighted by atomic mass is 10.2. The Kier molecular flexibility index (Phi) is 3.06. The van der Waals surface area contributed by atoms with Crippen molar-refractivity contribution < 1.29 is 4.74 Å². The molecule has 1 aromatic rings. The van der Waals surface area contributed by atoms with E-state index in [1.807, 2.05) is 18.7 Å². The molecule has 0 unspecified atom stereocenters. The van der Waals surface area contributed by atoms with Crippen LogP contribution < -0.4 is 16.1 Å². The first-order valence-corrected chi connectivity index (χ1v) is 5.68. The molecular formula is C11H17N3O3. The third-order valence-corrected chi connectivity index (χ3v) is 2.89. The number of nitrogens with zero attached hydrogens (tertiary/aromatic N) is 2. The van der Waals surface area contributed by atoms with E-state index in [-0.39, 0.29) is 23.5 Å². The van der Waals surface area contributed by atoms with Crippen LogP contribution in [-0.4, -0.2) is 34.8 Å². The molecule has 6 heteroatoms. The summed E-state index contributed by atoms with van der Waals surface area (Å²) in [6, 6.07) is 1.45. The van der Waals surface area contributed by atoms with E-state index >= 15 is 0 Å². The molecule has 1 aromatic heterocycles. The van der Waals surface area contributed by atoms with Gasteiger partial charge in [0, 0.05) is 26.2 Å². The summed E-state index contributed by atoms with van der Waals surface area (Å²) >= 11 is 0. The molecule has 1 aliphatic heterocycles. The van der Waals surface area contributed by atoms with Crippen molar-refractivity contribution in [1.29, 1.82) is 0 Å². The minimum atomic E-state index is -0.390. The number of hydrogen-bond donors (Lipinski definition) is 1. The molecule has 0 aliphatic carbocycles. The van der Waals surface area contributed by atoms with Gasteiger partial charge in [-0.25, -0.2) is 4.79 Å². The van der Waals surface area contributed by atoms with Crippen molar-refractivity contribution >= 4 is 5.82 Å². The minimum Gasteiger partial charge on any atom is -0.372 e. The first kappa shape index (κ1) is 11.9. The average molecular weight is 239 g/mol. The first-order valence-electron chi connectivity index (χ1n) is 5.68. The molecule has 2 rings (SSSR count). The Morgan fingerprint density at radius 2 is 1.88 bits per heavy atom. The maximum atomic E-state index is 11.6. The summed E-state index contributed by atoms with van der Waals surface area (Å²) in [5.74, 6) is 0.570. The number of aromatic nitrogens is 2. The molecule has 0 bridgehead atoms. The Labute approximate surface area is 98.8 Å². The van der Waals surface area contributed by atoms with Gasteiger partial charge in [0.15, 0.2) is 0 Å². The van der Waals surface area contributed by atoms with Gasteiger partial charge in [0.05, 0.1) is 12.2 Å². The van der Waals surface area contributed by atoms with E-state index in [1.54, 1.807) is 0 Å². The minimum absolute atomic E-state index is 0.0892. The highest BCUT2D eigenvalue weighted by Gasteiger charge is 2.23. The number of aromatic amines is 1. The Bertz CT molecular complexity index is 478. The van der Waals surface area contributed by atoms with Gasteiger partial charge >= 0.3 is 5.69 Å². The molecule has 2 heterocycles. The molecule has 0 spiro atoms. The molecule has 2 atom stereocenters. The fourth-order valence-electron chi connectivity index (χ4n) is 2.09. The van der Waals surface area contributed by atoms with E-state index in [0.717, 1.165) is 4.57 Å². The highest BCUT2D eigenvalue weighted by atomic mass is 16.5. The van der Waals surface area contributed by atoms with Crippen LogP contribution in [0.1, 0.15) is 13.8 Å². The molecule has 1 fully saturated rings. The van der Waals surface area contributed by atoms with Gasteiger partial charge in [0.25, 0.3) is 5.56 Å². The van der Waals surface area contributed by atoms with Gasteiger partial charge in [-0.15, -0.1) is 0 Å². The van der Waals surface area contributed by atoms with Crippen LogP contribution in [0.4, 0.5) is 5.82 Å². The summed E-state index contributed by atoms with van der Waals surface area (Å²) < 4.78 is 6.66. The number of rotatable bonds is 1. The second-order valence-corrected chi connectivity index (χ2v) is 4.52. The molecule has 6 nitrogen and oxygen atoms in total. The first-order chi connectivity index (χ1) is 7.97. The zero-order valence-electron chi connectivity index (χ0n) is 10.3. The number of ether oxygens (including phenoxy) is 1. The van der Waals surface area contributed by atoms with Gasteiger partial charge in [0.2, 0.25) is 0 Å². The Hall–Kier alpha value is -1.56. The molecule has 1 saturated heterocycles. The molecule has 0 saturated carbocycles. The van der Waals surface area contributed by atoms with Crippen LogP contribution >= 0.6 is 0 Å². The highest BCUT2D eigenvalue weighted by Crippen LogP contribution is 2.15. The lowest BCUT2D eigenvalue weighted by molar-refractivity contribution is -0.00549. The Morgan fingerprint density at radius 3 is 2.41 bits per heavy atom. The third-order valence-electron chi connectivity index (χ3n) is 2.89. The molecule has 0 radical (unpaired) electrons. The van der Waals surface area contributed by atoms with Gasteiger partial charge in [0.1, 0.15) is 5.82 Å². The number of anilines is 1. The van der Waals surface area contributed by atoms with Gasteiger partial charge in [-0.05, 0) is 13.8 Å². The fraction of sp³-hybridized carbons (Fsp3) is 0.636. The van der Waals surface area contributed by atoms with Gasteiger partial charge in [-0.3, -0.25) is 14.3 Å². The zero-order chi connectivity index (χ0) is 12.6. The zero-order valence-corrected chi connectivity index (χ0v) is 10.3. The summed E-state index contributed by atoms with van der Waals surface area (Å²) in [4.78, 5) is 27.7. The molecular weight excluding hydrogens is 222 g/mol. The summed E-state index contributed by atoms with van der Waals surface area (Å²) in [7, 11) is 1.45. The quantitative estimate of drug-likeness (QED) is 0.730. The highest BCUT2D eigenvalue weighted by molar-refractivity contribution is 5.37. The monoisotopic (exact) mass is 239 g/mol. The summed E-state index contributed by atoms with van der Waals surface area (Å²) in [6.07, 6.45) is 0.178. The number of H-pyrrole nitrogens is 1. The number of nitrogens with one attached hydrogen (secondary N) is 1. The predicted molar refractivity (Wildman–Crippen MR) is 64.5 cm³/mol. The number of hydrogen-bond acceptors (Lipinski definition) is 4. The van der Waals surface area contributed by atoms with Gasteiger partial charge in [-0.2, -0.15) is 0 Å². The van der Waals surface area contributed by atoms with Crippen LogP contribution in [0.2, 0.25) is 0 Å². The summed E-state index contributed by atoms with van der Waals surface area (Å²) in [5, 5.41) is 0. The molecule has 1 aliphatic rings. The van der Waals surface area contributed by atoms with Gasteiger partial charge in [-0.1, -0.05) is 0 Å². The van der Waals surface area contributed by atoms with Crippen LogP contribution in [0.25, 0.3) is 0 Å². The van der Waals surface area contributed by atoms with Gasteiger partial charge < -0.3 is 9.64 Å². The third kappa shape index (κ3) is 2.41. The molecule has 0 aromatic carbocycles. The predicted octanol–water partition coefficient (Wildman–Crippen LogP) is -0.313. The SMILES string of the molecule is C[C@@H]1CN(c2cc(=O)n(C)c(=O)[nH]2)C[C@H](C)O1. The molecule has 17 heavy (non-hydrogen) atoms. The van der Waals surface area contributed by atoms with Crippen LogP contribution in [0, 0.1) is 0 Å². The Balaban J connectivity index is 2.34. The van der Waals surface area contributed by atoms with Crippen molar-refractivity contribution in [2.45, 2.75) is 26.1 Å². The van der Waals surface area contributed by atoms with E-state index in [0.29, 0.717) is 18.9 Å². The van der Waals surface area contributed by atoms with Crippen molar-refractivity contribution in [3.05, 3.63) is 26.9 Å². The van der Waals surface area contributed by atoms with Crippen molar-refractivity contribution in [2.75, 3.05) is 18.0 Å². The topological polar surface area (TPSA) is 67.3 Å². The van der Waals surface area contributed by atoms with E-state index in [4.69, 9.17) is 4.74 Å². The normalized spacial score (nSPS) is 25.0. The van der Waals surface area contributed by atoms with E-state index in [9.17, 15) is 9.59 Å². The summed E-state index contributed by atoms with van der Waals surface area (Å²) in [6.45, 7) is 5.30. The Morgan fingerprint density at radius 1 is 1.29 bits per heavy atom. The van der Waals surface area contributed by atoms with Crippen LogP contribution in [-0.2, 0) is 11.8 Å². The lowest BCUT2D eigenvalue weighted by Crippen LogP contribution is -2.47.